The van der Waals surface area contributed by atoms with Crippen LogP contribution < -0.4 is 0 Å². The second kappa shape index (κ2) is 33.2. The Morgan fingerprint density at radius 2 is 1.08 bits per heavy atom. The molecule has 0 amide bonds. The standard InChI is InChI=1S/C18H28O2.C12H14O8S.2C12H20O2.C10H16O2.C8H10O4/c1-5-17(4,20-16(19)12(2)3)18-9-13-6-14(10-18)8-15(7-13)11-18;1-5(2)12(14)17-4-8(13)19-9-6-3-7-10(18-6)11(9)20-21(7,15)16;1-9(2)11(13)14-12(10(3)4)7-5-6-8-12;1-4-12(8-6-5-7-9-12)14-11(13)10(2)3;1-8(2)9(11)12-10(3)6-4-5-7-10;1-5(2)7(9)12-6-3-4-11-8(6)10/h13-15H,2,5-11H2,1,3-4H3;6-7,9-11H,1,3-4H2,2H3;10H,1,5-8H2,2-4H3;2,4-9H2,1,3H3;1,4-7H2,2-3H3;6H,1,3-4H2,2H3. The topological polar surface area (TPSA) is 263 Å². The predicted molar refractivity (Wildman–Crippen MR) is 349 cm³/mol. The van der Waals surface area contributed by atoms with E-state index in [0.717, 1.165) is 69.1 Å². The minimum atomic E-state index is -3.65. The molecule has 7 atom stereocenters. The van der Waals surface area contributed by atoms with Crippen LogP contribution in [0.1, 0.15) is 231 Å². The molecule has 522 valence electrons. The molecule has 93 heavy (non-hydrogen) atoms. The lowest BCUT2D eigenvalue weighted by atomic mass is 9.45. The number of rotatable bonds is 18. The third kappa shape index (κ3) is 20.5. The fourth-order valence-corrected chi connectivity index (χ4v) is 16.5. The summed E-state index contributed by atoms with van der Waals surface area (Å²) in [7, 11) is -3.65. The Hall–Kier alpha value is -5.93. The number of ether oxygens (including phenoxy) is 9. The van der Waals surface area contributed by atoms with Crippen molar-refractivity contribution in [1.29, 1.82) is 0 Å². The van der Waals surface area contributed by atoms with E-state index in [9.17, 15) is 46.8 Å². The molecule has 6 bridgehead atoms. The van der Waals surface area contributed by atoms with Crippen LogP contribution in [0.15, 0.2) is 72.9 Å². The SMILES string of the molecule is C=C(C)C(=O)OC(C)(CC)C12CC3CC(CC(C3)C1)C2.C=C(C)C(=O)OC1(C(C)C)CCCC1.C=C(C)C(=O)OC1(C)CCCC1.C=C(C)C(=O)OC1(CC)CCCCC1.C=C(C)C(=O)OC1CCOC1=O.C=C(C)C(=O)OCC(=O)OC1C2CC3C(O2)C1OS3(=O)=O. The summed E-state index contributed by atoms with van der Waals surface area (Å²) < 4.78 is 75.4. The van der Waals surface area contributed by atoms with Gasteiger partial charge in [-0.2, -0.15) is 8.42 Å². The first kappa shape index (κ1) is 77.8. The normalized spacial score (nSPS) is 29.0. The summed E-state index contributed by atoms with van der Waals surface area (Å²) in [6, 6.07) is 0. The highest BCUT2D eigenvalue weighted by Crippen LogP contribution is 2.65. The average Bonchev–Trinajstić information content (AvgIpc) is 1.71. The molecule has 0 aromatic rings. The Kier molecular flexibility index (Phi) is 27.7. The van der Waals surface area contributed by atoms with Crippen LogP contribution in [0.4, 0.5) is 0 Å². The van der Waals surface area contributed by atoms with E-state index in [1.165, 1.54) is 97.3 Å². The van der Waals surface area contributed by atoms with E-state index in [1.54, 1.807) is 27.7 Å². The molecule has 20 nitrogen and oxygen atoms in total. The molecule has 4 aliphatic heterocycles. The van der Waals surface area contributed by atoms with E-state index in [4.69, 9.17) is 37.3 Å². The number of carbonyl (C=O) groups excluding carboxylic acids is 8. The van der Waals surface area contributed by atoms with Crippen LogP contribution in [0.3, 0.4) is 0 Å². The van der Waals surface area contributed by atoms with Crippen molar-refractivity contribution in [2.75, 3.05) is 13.2 Å². The lowest BCUT2D eigenvalue weighted by molar-refractivity contribution is -0.201. The van der Waals surface area contributed by atoms with Crippen LogP contribution in [0.25, 0.3) is 0 Å². The summed E-state index contributed by atoms with van der Waals surface area (Å²) >= 11 is 0. The van der Waals surface area contributed by atoms with Gasteiger partial charge < -0.3 is 42.6 Å². The van der Waals surface area contributed by atoms with Gasteiger partial charge in [0.05, 0.1) is 12.7 Å². The van der Waals surface area contributed by atoms with Gasteiger partial charge >= 0.3 is 47.8 Å². The Labute approximate surface area is 553 Å². The molecular formula is C72H108O20S. The maximum absolute atomic E-state index is 12.1. The Morgan fingerprint density at radius 1 is 0.602 bits per heavy atom. The van der Waals surface area contributed by atoms with E-state index in [2.05, 4.69) is 83.6 Å². The summed E-state index contributed by atoms with van der Waals surface area (Å²) in [4.78, 5) is 90.7. The smallest absolute Gasteiger partial charge is 0.347 e. The van der Waals surface area contributed by atoms with E-state index < -0.39 is 76.4 Å². The number of hydrogen-bond acceptors (Lipinski definition) is 20. The van der Waals surface area contributed by atoms with Gasteiger partial charge in [-0.3, -0.25) is 4.18 Å². The highest BCUT2D eigenvalue weighted by molar-refractivity contribution is 7.87. The first-order valence-corrected chi connectivity index (χ1v) is 35.0. The minimum absolute atomic E-state index is 0.166. The average molecular weight is 1330 g/mol. The molecule has 4 saturated heterocycles. The van der Waals surface area contributed by atoms with Gasteiger partial charge in [0.1, 0.15) is 39.9 Å². The summed E-state index contributed by atoms with van der Waals surface area (Å²) in [5, 5.41) is -0.677. The van der Waals surface area contributed by atoms with E-state index >= 15 is 0 Å². The number of cyclic esters (lactones) is 1. The fourth-order valence-electron chi connectivity index (χ4n) is 14.8. The first-order chi connectivity index (χ1) is 43.4. The highest BCUT2D eigenvalue weighted by atomic mass is 32.2. The van der Waals surface area contributed by atoms with Gasteiger partial charge in [0.25, 0.3) is 10.1 Å². The predicted octanol–water partition coefficient (Wildman–Crippen LogP) is 12.9. The summed E-state index contributed by atoms with van der Waals surface area (Å²) in [5.41, 5.74) is 1.78. The number of carbonyl (C=O) groups is 8. The van der Waals surface area contributed by atoms with Gasteiger partial charge in [0, 0.05) is 45.3 Å². The largest absolute Gasteiger partial charge is 0.463 e. The van der Waals surface area contributed by atoms with E-state index in [0.29, 0.717) is 41.2 Å². The molecule has 0 aromatic carbocycles. The monoisotopic (exact) mass is 1320 g/mol. The fraction of sp³-hybridized carbons (Fsp3) is 0.722. The Morgan fingerprint density at radius 3 is 1.53 bits per heavy atom. The molecule has 21 heteroatoms. The lowest BCUT2D eigenvalue weighted by Gasteiger charge is -2.62. The Balaban J connectivity index is 0.000000206. The molecule has 0 radical (unpaired) electrons. The van der Waals surface area contributed by atoms with Gasteiger partial charge in [0.15, 0.2) is 12.7 Å². The van der Waals surface area contributed by atoms with Crippen molar-refractivity contribution in [2.45, 2.75) is 289 Å². The van der Waals surface area contributed by atoms with Crippen molar-refractivity contribution < 1.29 is 93.6 Å². The summed E-state index contributed by atoms with van der Waals surface area (Å²) in [6.45, 7) is 43.6. The molecule has 7 saturated carbocycles. The molecule has 0 N–H and O–H groups in total. The molecule has 4 heterocycles. The van der Waals surface area contributed by atoms with Crippen molar-refractivity contribution >= 4 is 57.9 Å². The van der Waals surface area contributed by atoms with Gasteiger partial charge in [-0.1, -0.05) is 73.6 Å². The summed E-state index contributed by atoms with van der Waals surface area (Å²) in [5.74, 6) is -0.358. The van der Waals surface area contributed by atoms with E-state index in [-0.39, 0.29) is 69.3 Å². The van der Waals surface area contributed by atoms with Gasteiger partial charge in [-0.25, -0.2) is 38.4 Å². The number of hydrogen-bond donors (Lipinski definition) is 0. The van der Waals surface area contributed by atoms with Crippen LogP contribution in [0.5, 0.6) is 0 Å². The quantitative estimate of drug-likeness (QED) is 0.0534. The van der Waals surface area contributed by atoms with Crippen molar-refractivity contribution in [1.82, 2.24) is 0 Å². The third-order valence-electron chi connectivity index (χ3n) is 20.3. The second-order valence-corrected chi connectivity index (χ2v) is 30.3. The summed E-state index contributed by atoms with van der Waals surface area (Å²) in [6.07, 6.45) is 21.5. The van der Waals surface area contributed by atoms with E-state index in [1.807, 2.05) is 6.92 Å². The maximum Gasteiger partial charge on any atom is 0.347 e. The molecule has 0 aromatic heterocycles. The highest BCUT2D eigenvalue weighted by Gasteiger charge is 2.67. The molecule has 11 fully saturated rings. The van der Waals surface area contributed by atoms with Crippen molar-refractivity contribution in [2.24, 2.45) is 29.1 Å². The lowest BCUT2D eigenvalue weighted by Crippen LogP contribution is -2.58. The molecule has 11 aliphatic rings. The second-order valence-electron chi connectivity index (χ2n) is 28.6. The van der Waals surface area contributed by atoms with Crippen LogP contribution in [0.2, 0.25) is 0 Å². The van der Waals surface area contributed by atoms with Crippen molar-refractivity contribution in [3.63, 3.8) is 0 Å². The maximum atomic E-state index is 12.1. The van der Waals surface area contributed by atoms with Crippen LogP contribution in [0, 0.1) is 29.1 Å². The van der Waals surface area contributed by atoms with Crippen molar-refractivity contribution in [3.05, 3.63) is 72.9 Å². The Bertz CT molecular complexity index is 2880. The molecule has 7 aliphatic carbocycles. The number of fused-ring (bicyclic) bond motifs is 1. The zero-order valence-corrected chi connectivity index (χ0v) is 58.6. The van der Waals surface area contributed by atoms with Gasteiger partial charge in [-0.15, -0.1) is 0 Å². The van der Waals surface area contributed by atoms with Crippen LogP contribution in [-0.2, 0) is 95.3 Å². The third-order valence-corrected chi connectivity index (χ3v) is 22.0. The molecular weight excluding hydrogens is 1220 g/mol. The minimum Gasteiger partial charge on any atom is -0.463 e. The number of esters is 8. The van der Waals surface area contributed by atoms with Crippen LogP contribution >= 0.6 is 0 Å². The van der Waals surface area contributed by atoms with Gasteiger partial charge in [0.2, 0.25) is 6.10 Å². The molecule has 0 spiro atoms. The molecule has 7 unspecified atom stereocenters. The zero-order chi connectivity index (χ0) is 69.6. The van der Waals surface area contributed by atoms with Crippen LogP contribution in [-0.4, -0.2) is 128 Å². The van der Waals surface area contributed by atoms with Crippen molar-refractivity contribution in [3.8, 4) is 0 Å². The molecule has 11 rings (SSSR count). The first-order valence-electron chi connectivity index (χ1n) is 33.6. The van der Waals surface area contributed by atoms with Gasteiger partial charge in [-0.05, 0) is 214 Å². The zero-order valence-electron chi connectivity index (χ0n) is 57.8.